The van der Waals surface area contributed by atoms with Crippen LogP contribution in [0.25, 0.3) is 11.1 Å². The lowest BCUT2D eigenvalue weighted by Gasteiger charge is -2.24. The summed E-state index contributed by atoms with van der Waals surface area (Å²) in [4.78, 5) is 9.44. The van der Waals surface area contributed by atoms with Crippen molar-refractivity contribution < 1.29 is 0 Å². The Bertz CT molecular complexity index is 2060. The highest BCUT2D eigenvalue weighted by atomic mass is 79.9. The van der Waals surface area contributed by atoms with Gasteiger partial charge in [-0.25, -0.2) is 0 Å². The van der Waals surface area contributed by atoms with Gasteiger partial charge in [0.05, 0.1) is 11.6 Å². The minimum atomic E-state index is -0.497. The summed E-state index contributed by atoms with van der Waals surface area (Å²) in [6.45, 7) is 4.20. The van der Waals surface area contributed by atoms with Gasteiger partial charge in [-0.05, 0) is 77.6 Å². The molecule has 2 atom stereocenters. The van der Waals surface area contributed by atoms with Gasteiger partial charge in [0, 0.05) is 52.3 Å². The van der Waals surface area contributed by atoms with Gasteiger partial charge in [0.25, 0.3) is 0 Å². The monoisotopic (exact) mass is 678 g/mol. The summed E-state index contributed by atoms with van der Waals surface area (Å²) in [5.41, 5.74) is 20.6. The molecular weight excluding hydrogens is 648 g/mol. The average Bonchev–Trinajstić information content (AvgIpc) is 3.54. The van der Waals surface area contributed by atoms with E-state index in [9.17, 15) is 0 Å². The fraction of sp³-hybridized carbons (Fsp3) is 0.108. The summed E-state index contributed by atoms with van der Waals surface area (Å²) in [7, 11) is 15.8. The van der Waals surface area contributed by atoms with E-state index in [-0.39, 0.29) is 5.54 Å². The van der Waals surface area contributed by atoms with E-state index in [0.29, 0.717) is 17.2 Å². The zero-order valence-corrected chi connectivity index (χ0v) is 28.4. The first-order valence-corrected chi connectivity index (χ1v) is 16.1. The van der Waals surface area contributed by atoms with Gasteiger partial charge < -0.3 is 11.5 Å². The SMILES string of the molecule is CC1(c2cccc(-c3cccc(C#N)c3)c2)N=C(N)c2ccccc21.CC1(c2cccc(Br)c2)N=C(N)c2ccccc21.[B][B]B([B])[B]. The molecule has 0 fully saturated rings. The van der Waals surface area contributed by atoms with Crippen molar-refractivity contribution in [2.45, 2.75) is 24.9 Å². The van der Waals surface area contributed by atoms with E-state index in [1.807, 2.05) is 78.9 Å². The summed E-state index contributed by atoms with van der Waals surface area (Å²) < 4.78 is 1.05. The molecule has 2 aliphatic rings. The Labute approximate surface area is 296 Å². The number of hydrogen-bond acceptors (Lipinski definition) is 5. The van der Waals surface area contributed by atoms with Crippen LogP contribution >= 0.6 is 15.9 Å². The number of halogens is 1. The Morgan fingerprint density at radius 3 is 1.65 bits per heavy atom. The van der Waals surface area contributed by atoms with Gasteiger partial charge in [-0.1, -0.05) is 107 Å². The highest BCUT2D eigenvalue weighted by Crippen LogP contribution is 2.42. The fourth-order valence-corrected chi connectivity index (χ4v) is 6.39. The predicted molar refractivity (Wildman–Crippen MR) is 207 cm³/mol. The molecule has 5 aromatic carbocycles. The van der Waals surface area contributed by atoms with Crippen LogP contribution in [0.2, 0.25) is 0 Å². The molecule has 2 unspecified atom stereocenters. The van der Waals surface area contributed by atoms with Gasteiger partial charge in [-0.2, -0.15) is 5.26 Å². The molecule has 2 heterocycles. The van der Waals surface area contributed by atoms with Crippen molar-refractivity contribution in [3.8, 4) is 17.2 Å². The second-order valence-corrected chi connectivity index (χ2v) is 12.7. The van der Waals surface area contributed by atoms with Gasteiger partial charge >= 0.3 is 0 Å². The van der Waals surface area contributed by atoms with Crippen LogP contribution in [0.15, 0.2) is 136 Å². The average molecular weight is 679 g/mol. The minimum absolute atomic E-state index is 0.384. The molecule has 2 aliphatic heterocycles. The summed E-state index contributed by atoms with van der Waals surface area (Å²) in [5, 5.41) is 9.13. The highest BCUT2D eigenvalue weighted by molar-refractivity contribution is 9.10. The van der Waals surface area contributed by atoms with Crippen molar-refractivity contribution in [2.24, 2.45) is 21.5 Å². The third-order valence-electron chi connectivity index (χ3n) is 8.50. The Morgan fingerprint density at radius 1 is 0.688 bits per heavy atom. The summed E-state index contributed by atoms with van der Waals surface area (Å²) in [6, 6.07) is 42.6. The third kappa shape index (κ3) is 7.10. The van der Waals surface area contributed by atoms with Crippen LogP contribution < -0.4 is 11.5 Å². The van der Waals surface area contributed by atoms with Crippen LogP contribution in [-0.2, 0) is 11.1 Å². The summed E-state index contributed by atoms with van der Waals surface area (Å²) in [6.07, 6.45) is -0.463. The molecule has 0 spiro atoms. The van der Waals surface area contributed by atoms with E-state index in [4.69, 9.17) is 44.9 Å². The summed E-state index contributed by atoms with van der Waals surface area (Å²) in [5.74, 6) is 1.20. The van der Waals surface area contributed by atoms with Crippen LogP contribution in [0.4, 0.5) is 0 Å². The maximum atomic E-state index is 9.13. The van der Waals surface area contributed by atoms with Crippen LogP contribution in [0.3, 0.4) is 0 Å². The Kier molecular flexibility index (Phi) is 10.6. The number of amidine groups is 2. The zero-order chi connectivity index (χ0) is 34.5. The number of nitrogens with two attached hydrogens (primary N) is 2. The standard InChI is InChI=1S/C22H17N3.C15H13BrN2.B5/c1-22(20-11-3-2-10-19(20)21(24)25-22)18-9-5-8-17(13-18)16-7-4-6-15(12-16)14-23;1-15(10-5-4-6-11(16)9-10)13-8-3-2-7-12(13)14(17)18-15;1-4-5(2)3/h2-13H,1H3,(H2,24,25);2-9H,1H3,(H2,17,18);. The van der Waals surface area contributed by atoms with Crippen molar-refractivity contribution in [3.05, 3.63) is 165 Å². The van der Waals surface area contributed by atoms with Gasteiger partial charge in [0.2, 0.25) is 0 Å². The molecule has 5 nitrogen and oxygen atoms in total. The maximum Gasteiger partial charge on any atom is 0.127 e. The van der Waals surface area contributed by atoms with Gasteiger partial charge in [0.1, 0.15) is 22.7 Å². The second kappa shape index (κ2) is 14.6. The fourth-order valence-electron chi connectivity index (χ4n) is 5.99. The molecule has 0 aromatic heterocycles. The molecular formula is C37H30B5BrN5. The number of nitrogens with zero attached hydrogens (tertiary/aromatic N) is 3. The molecule has 0 bridgehead atoms. The smallest absolute Gasteiger partial charge is 0.127 e. The van der Waals surface area contributed by atoms with Gasteiger partial charge in [0.15, 0.2) is 0 Å². The molecule has 0 saturated heterocycles. The van der Waals surface area contributed by atoms with Crippen LogP contribution in [0.5, 0.6) is 0 Å². The first-order chi connectivity index (χ1) is 23.0. The van der Waals surface area contributed by atoms with Crippen molar-refractivity contribution in [2.75, 3.05) is 0 Å². The van der Waals surface area contributed by atoms with E-state index in [2.05, 4.69) is 83.3 Å². The number of nitriles is 1. The molecule has 11 heteroatoms. The Hall–Kier alpha value is -4.67. The van der Waals surface area contributed by atoms with E-state index < -0.39 is 11.9 Å². The lowest BCUT2D eigenvalue weighted by molar-refractivity contribution is 0.620. The largest absolute Gasteiger partial charge is 0.383 e. The molecule has 4 N–H and O–H groups in total. The molecule has 48 heavy (non-hydrogen) atoms. The minimum Gasteiger partial charge on any atom is -0.383 e. The lowest BCUT2D eigenvalue weighted by atomic mass is 8.97. The maximum absolute atomic E-state index is 9.13. The van der Waals surface area contributed by atoms with E-state index in [1.165, 1.54) is 12.6 Å². The molecule has 5 aromatic rings. The van der Waals surface area contributed by atoms with Crippen molar-refractivity contribution in [3.63, 3.8) is 0 Å². The third-order valence-corrected chi connectivity index (χ3v) is 8.99. The molecule has 0 amide bonds. The van der Waals surface area contributed by atoms with E-state index >= 15 is 0 Å². The van der Waals surface area contributed by atoms with E-state index in [1.54, 1.807) is 0 Å². The normalized spacial score (nSPS) is 18.3. The van der Waals surface area contributed by atoms with Crippen molar-refractivity contribution in [1.82, 2.24) is 0 Å². The Balaban J connectivity index is 0.000000171. The first-order valence-electron chi connectivity index (χ1n) is 15.3. The van der Waals surface area contributed by atoms with Crippen LogP contribution in [-0.4, -0.2) is 48.3 Å². The van der Waals surface area contributed by atoms with E-state index in [0.717, 1.165) is 43.4 Å². The summed E-state index contributed by atoms with van der Waals surface area (Å²) >= 11 is 3.51. The molecule has 7 radical (unpaired) electrons. The number of aliphatic imine (C=N–C) groups is 2. The number of rotatable bonds is 4. The van der Waals surface area contributed by atoms with Crippen molar-refractivity contribution >= 4 is 64.3 Å². The zero-order valence-electron chi connectivity index (χ0n) is 26.8. The number of benzene rings is 5. The Morgan fingerprint density at radius 2 is 1.15 bits per heavy atom. The second-order valence-electron chi connectivity index (χ2n) is 11.8. The number of hydrogen-bond donors (Lipinski definition) is 2. The molecule has 225 valence electrons. The van der Waals surface area contributed by atoms with Crippen LogP contribution in [0, 0.1) is 11.3 Å². The van der Waals surface area contributed by atoms with Gasteiger partial charge in [-0.15, -0.1) is 0 Å². The predicted octanol–water partition coefficient (Wildman–Crippen LogP) is 5.74. The highest BCUT2D eigenvalue weighted by Gasteiger charge is 2.37. The molecule has 0 saturated carbocycles. The number of fused-ring (bicyclic) bond motifs is 2. The molecule has 0 aliphatic carbocycles. The van der Waals surface area contributed by atoms with Crippen LogP contribution in [0.1, 0.15) is 52.8 Å². The van der Waals surface area contributed by atoms with Gasteiger partial charge in [-0.3, -0.25) is 9.98 Å². The first kappa shape index (κ1) is 34.7. The van der Waals surface area contributed by atoms with Crippen molar-refractivity contribution in [1.29, 1.82) is 5.26 Å². The topological polar surface area (TPSA) is 101 Å². The lowest BCUT2D eigenvalue weighted by Crippen LogP contribution is -2.23. The molecule has 7 rings (SSSR count). The quantitative estimate of drug-likeness (QED) is 0.238.